The summed E-state index contributed by atoms with van der Waals surface area (Å²) < 4.78 is 18.5. The second-order valence-electron chi connectivity index (χ2n) is 4.70. The van der Waals surface area contributed by atoms with Crippen molar-refractivity contribution in [1.29, 1.82) is 5.26 Å². The third kappa shape index (κ3) is 5.52. The summed E-state index contributed by atoms with van der Waals surface area (Å²) >= 11 is 0. The van der Waals surface area contributed by atoms with Gasteiger partial charge in [0.05, 0.1) is 12.7 Å². The Morgan fingerprint density at radius 1 is 1.41 bits per heavy atom. The minimum absolute atomic E-state index is 0.0340. The van der Waals surface area contributed by atoms with Crippen LogP contribution in [-0.4, -0.2) is 24.8 Å². The predicted octanol–water partition coefficient (Wildman–Crippen LogP) is 2.22. The van der Waals surface area contributed by atoms with Crippen LogP contribution in [0.1, 0.15) is 26.2 Å². The monoisotopic (exact) mass is 306 g/mol. The van der Waals surface area contributed by atoms with Crippen LogP contribution in [-0.2, 0) is 9.59 Å². The van der Waals surface area contributed by atoms with E-state index >= 15 is 0 Å². The number of carbonyl (C=O) groups excluding carboxylic acids is 2. The summed E-state index contributed by atoms with van der Waals surface area (Å²) in [6.45, 7) is 2.45. The first-order valence-electron chi connectivity index (χ1n) is 7.17. The van der Waals surface area contributed by atoms with Gasteiger partial charge >= 0.3 is 0 Å². The van der Waals surface area contributed by atoms with E-state index in [0.717, 1.165) is 6.42 Å². The molecule has 22 heavy (non-hydrogen) atoms. The molecule has 0 aliphatic carbocycles. The van der Waals surface area contributed by atoms with Gasteiger partial charge in [-0.1, -0.05) is 19.1 Å². The highest BCUT2D eigenvalue weighted by atomic mass is 19.1. The van der Waals surface area contributed by atoms with Crippen molar-refractivity contribution >= 4 is 11.7 Å². The molecule has 0 spiro atoms. The van der Waals surface area contributed by atoms with Crippen LogP contribution < -0.4 is 10.1 Å². The van der Waals surface area contributed by atoms with Gasteiger partial charge in [0.1, 0.15) is 0 Å². The molecule has 1 rings (SSSR count). The van der Waals surface area contributed by atoms with Gasteiger partial charge in [-0.05, 0) is 25.0 Å². The zero-order chi connectivity index (χ0) is 16.4. The maximum Gasteiger partial charge on any atom is 0.244 e. The lowest BCUT2D eigenvalue weighted by atomic mass is 10.0. The summed E-state index contributed by atoms with van der Waals surface area (Å²) in [6.07, 6.45) is 1.08. The minimum Gasteiger partial charge on any atom is -0.491 e. The van der Waals surface area contributed by atoms with E-state index in [0.29, 0.717) is 13.0 Å². The number of Topliss-reactive ketones (excluding diaryl/α,β-unsaturated/α-hetero) is 1. The van der Waals surface area contributed by atoms with Crippen molar-refractivity contribution in [1.82, 2.24) is 5.32 Å². The molecule has 1 aromatic rings. The fraction of sp³-hybridized carbons (Fsp3) is 0.438. The molecule has 0 aliphatic rings. The summed E-state index contributed by atoms with van der Waals surface area (Å²) in [5, 5.41) is 11.4. The fourth-order valence-electron chi connectivity index (χ4n) is 1.76. The van der Waals surface area contributed by atoms with Crippen LogP contribution in [0.15, 0.2) is 24.3 Å². The number of amides is 1. The Bertz CT molecular complexity index is 555. The highest BCUT2D eigenvalue weighted by Gasteiger charge is 2.25. The van der Waals surface area contributed by atoms with Gasteiger partial charge in [-0.15, -0.1) is 0 Å². The Morgan fingerprint density at radius 3 is 2.77 bits per heavy atom. The Balaban J connectivity index is 2.37. The summed E-state index contributed by atoms with van der Waals surface area (Å²) in [4.78, 5) is 23.5. The van der Waals surface area contributed by atoms with Gasteiger partial charge in [0.25, 0.3) is 0 Å². The molecule has 0 aliphatic heterocycles. The molecule has 0 saturated heterocycles. The number of rotatable bonds is 9. The van der Waals surface area contributed by atoms with Crippen LogP contribution >= 0.6 is 0 Å². The molecule has 0 saturated carbocycles. The van der Waals surface area contributed by atoms with Crippen LogP contribution in [0, 0.1) is 23.1 Å². The van der Waals surface area contributed by atoms with Crippen LogP contribution in [0.25, 0.3) is 0 Å². The van der Waals surface area contributed by atoms with E-state index < -0.39 is 23.4 Å². The SMILES string of the molecule is CCCNC(=O)C(C#N)C(=O)CCCOc1ccccc1F. The number of para-hydroxylation sites is 1. The molecule has 0 radical (unpaired) electrons. The molecule has 0 aromatic heterocycles. The molecule has 1 N–H and O–H groups in total. The van der Waals surface area contributed by atoms with Gasteiger partial charge in [-0.2, -0.15) is 5.26 Å². The maximum absolute atomic E-state index is 13.3. The van der Waals surface area contributed by atoms with E-state index in [1.807, 2.05) is 6.92 Å². The topological polar surface area (TPSA) is 79.2 Å². The molecule has 1 amide bonds. The number of ether oxygens (including phenoxy) is 1. The van der Waals surface area contributed by atoms with E-state index in [4.69, 9.17) is 10.00 Å². The van der Waals surface area contributed by atoms with E-state index in [-0.39, 0.29) is 18.8 Å². The van der Waals surface area contributed by atoms with E-state index in [1.54, 1.807) is 18.2 Å². The summed E-state index contributed by atoms with van der Waals surface area (Å²) in [7, 11) is 0. The van der Waals surface area contributed by atoms with Crippen LogP contribution in [0.3, 0.4) is 0 Å². The second kappa shape index (κ2) is 9.50. The average Bonchev–Trinajstić information content (AvgIpc) is 2.51. The minimum atomic E-state index is -1.29. The number of carbonyl (C=O) groups is 2. The Labute approximate surface area is 129 Å². The number of hydrogen-bond acceptors (Lipinski definition) is 4. The van der Waals surface area contributed by atoms with Gasteiger partial charge in [-0.25, -0.2) is 4.39 Å². The van der Waals surface area contributed by atoms with E-state index in [1.165, 1.54) is 12.1 Å². The summed E-state index contributed by atoms with van der Waals surface area (Å²) in [5.41, 5.74) is 0. The van der Waals surface area contributed by atoms with Crippen molar-refractivity contribution in [3.8, 4) is 11.8 Å². The zero-order valence-electron chi connectivity index (χ0n) is 12.5. The van der Waals surface area contributed by atoms with Crippen molar-refractivity contribution in [2.24, 2.45) is 5.92 Å². The third-order valence-corrected chi connectivity index (χ3v) is 2.92. The van der Waals surface area contributed by atoms with Crippen LogP contribution in [0.2, 0.25) is 0 Å². The van der Waals surface area contributed by atoms with Gasteiger partial charge < -0.3 is 10.1 Å². The van der Waals surface area contributed by atoms with E-state index in [9.17, 15) is 14.0 Å². The van der Waals surface area contributed by atoms with Crippen molar-refractivity contribution in [3.63, 3.8) is 0 Å². The van der Waals surface area contributed by atoms with Crippen molar-refractivity contribution in [2.75, 3.05) is 13.2 Å². The molecular weight excluding hydrogens is 287 g/mol. The first-order valence-corrected chi connectivity index (χ1v) is 7.17. The molecule has 0 bridgehead atoms. The highest BCUT2D eigenvalue weighted by molar-refractivity contribution is 6.03. The summed E-state index contributed by atoms with van der Waals surface area (Å²) in [6, 6.07) is 7.69. The second-order valence-corrected chi connectivity index (χ2v) is 4.70. The van der Waals surface area contributed by atoms with Crippen molar-refractivity contribution in [3.05, 3.63) is 30.1 Å². The number of nitrogens with zero attached hydrogens (tertiary/aromatic N) is 1. The molecule has 5 nitrogen and oxygen atoms in total. The molecule has 1 unspecified atom stereocenters. The number of benzene rings is 1. The number of halogens is 1. The molecule has 6 heteroatoms. The maximum atomic E-state index is 13.3. The van der Waals surface area contributed by atoms with Gasteiger partial charge in [0, 0.05) is 13.0 Å². The highest BCUT2D eigenvalue weighted by Crippen LogP contribution is 2.15. The molecular formula is C16H19FN2O3. The number of nitrogens with one attached hydrogen (secondary N) is 1. The first-order chi connectivity index (χ1) is 10.6. The Kier molecular flexibility index (Phi) is 7.62. The molecule has 1 aromatic carbocycles. The number of ketones is 1. The molecule has 118 valence electrons. The predicted molar refractivity (Wildman–Crippen MR) is 78.5 cm³/mol. The lowest BCUT2D eigenvalue weighted by Gasteiger charge is -2.09. The van der Waals surface area contributed by atoms with Gasteiger partial charge in [0.15, 0.2) is 23.3 Å². The largest absolute Gasteiger partial charge is 0.491 e. The van der Waals surface area contributed by atoms with E-state index in [2.05, 4.69) is 5.32 Å². The third-order valence-electron chi connectivity index (χ3n) is 2.92. The fourth-order valence-corrected chi connectivity index (χ4v) is 1.76. The Hall–Kier alpha value is -2.42. The normalized spacial score (nSPS) is 11.3. The van der Waals surface area contributed by atoms with Crippen molar-refractivity contribution < 1.29 is 18.7 Å². The van der Waals surface area contributed by atoms with Crippen LogP contribution in [0.4, 0.5) is 4.39 Å². The lowest BCUT2D eigenvalue weighted by molar-refractivity contribution is -0.131. The average molecular weight is 306 g/mol. The zero-order valence-corrected chi connectivity index (χ0v) is 12.5. The Morgan fingerprint density at radius 2 is 2.14 bits per heavy atom. The standard InChI is InChI=1S/C16H19FN2O3/c1-2-9-19-16(21)12(11-18)14(20)7-5-10-22-15-8-4-3-6-13(15)17/h3-4,6,8,12H,2,5,7,9-10H2,1H3,(H,19,21). The van der Waals surface area contributed by atoms with Gasteiger partial charge in [0.2, 0.25) is 5.91 Å². The number of hydrogen-bond donors (Lipinski definition) is 1. The van der Waals surface area contributed by atoms with Gasteiger partial charge in [-0.3, -0.25) is 9.59 Å². The molecule has 0 fully saturated rings. The number of nitriles is 1. The quantitative estimate of drug-likeness (QED) is 0.560. The summed E-state index contributed by atoms with van der Waals surface area (Å²) in [5.74, 6) is -2.66. The molecule has 0 heterocycles. The lowest BCUT2D eigenvalue weighted by Crippen LogP contribution is -2.35. The first kappa shape index (κ1) is 17.6. The van der Waals surface area contributed by atoms with Crippen LogP contribution in [0.5, 0.6) is 5.75 Å². The smallest absolute Gasteiger partial charge is 0.244 e. The molecule has 1 atom stereocenters. The van der Waals surface area contributed by atoms with Crippen molar-refractivity contribution in [2.45, 2.75) is 26.2 Å².